The number of rotatable bonds is 2. The van der Waals surface area contributed by atoms with Gasteiger partial charge in [-0.15, -0.1) is 0 Å². The number of aromatic nitrogens is 1. The zero-order valence-corrected chi connectivity index (χ0v) is 13.4. The van der Waals surface area contributed by atoms with Crippen LogP contribution in [-0.4, -0.2) is 35.0 Å². The normalized spacial score (nSPS) is 21.2. The number of nitrogens with zero attached hydrogens (tertiary/aromatic N) is 1. The molecule has 1 aliphatic rings. The quantitative estimate of drug-likeness (QED) is 0.919. The largest absolute Gasteiger partial charge is 0.369 e. The number of hydrogen-bond acceptors (Lipinski definition) is 3. The molecule has 0 radical (unpaired) electrons. The number of H-pyrrole nitrogens is 1. The highest BCUT2D eigenvalue weighted by molar-refractivity contribution is 6.31. The Bertz CT molecular complexity index is 774. The van der Waals surface area contributed by atoms with Crippen molar-refractivity contribution in [3.05, 3.63) is 69.1 Å². The van der Waals surface area contributed by atoms with Gasteiger partial charge >= 0.3 is 0 Å². The van der Waals surface area contributed by atoms with Crippen LogP contribution in [0.4, 0.5) is 0 Å². The Kier molecular flexibility index (Phi) is 4.50. The molecule has 1 aromatic carbocycles. The van der Waals surface area contributed by atoms with Crippen LogP contribution in [-0.2, 0) is 4.74 Å². The number of carbonyl (C=O) groups excluding carboxylic acids is 1. The zero-order chi connectivity index (χ0) is 16.4. The number of amides is 1. The van der Waals surface area contributed by atoms with E-state index in [1.807, 2.05) is 25.1 Å². The van der Waals surface area contributed by atoms with E-state index in [4.69, 9.17) is 16.3 Å². The highest BCUT2D eigenvalue weighted by atomic mass is 35.5. The average Bonchev–Trinajstić information content (AvgIpc) is 2.55. The molecule has 2 aromatic rings. The number of nitrogens with one attached hydrogen (secondary N) is 1. The molecule has 0 saturated carbocycles. The van der Waals surface area contributed by atoms with Gasteiger partial charge in [0.2, 0.25) is 5.56 Å². The molecule has 1 fully saturated rings. The molecule has 1 amide bonds. The van der Waals surface area contributed by atoms with E-state index in [-0.39, 0.29) is 23.6 Å². The first-order chi connectivity index (χ1) is 11.1. The van der Waals surface area contributed by atoms with E-state index in [1.54, 1.807) is 17.0 Å². The first-order valence-electron chi connectivity index (χ1n) is 7.42. The first kappa shape index (κ1) is 15.8. The third kappa shape index (κ3) is 3.30. The van der Waals surface area contributed by atoms with Crippen LogP contribution in [0.3, 0.4) is 0 Å². The maximum atomic E-state index is 12.7. The summed E-state index contributed by atoms with van der Waals surface area (Å²) < 4.78 is 5.85. The summed E-state index contributed by atoms with van der Waals surface area (Å²) in [7, 11) is 0. The van der Waals surface area contributed by atoms with Crippen LogP contribution in [0.5, 0.6) is 0 Å². The third-order valence-corrected chi connectivity index (χ3v) is 4.31. The number of pyridine rings is 1. The number of benzene rings is 1. The van der Waals surface area contributed by atoms with Gasteiger partial charge in [-0.1, -0.05) is 29.8 Å². The SMILES string of the molecule is C[C@@H]1CO[C@H](c2ccccc2Cl)CN1C(=O)c1cc[nH]c(=O)c1. The van der Waals surface area contributed by atoms with Crippen LogP contribution in [0, 0.1) is 0 Å². The molecule has 0 bridgehead atoms. The summed E-state index contributed by atoms with van der Waals surface area (Å²) in [6, 6.07) is 10.3. The van der Waals surface area contributed by atoms with E-state index in [0.29, 0.717) is 23.7 Å². The van der Waals surface area contributed by atoms with Gasteiger partial charge in [0.25, 0.3) is 5.91 Å². The Morgan fingerprint density at radius 1 is 1.35 bits per heavy atom. The second-order valence-corrected chi connectivity index (χ2v) is 6.00. The average molecular weight is 333 g/mol. The number of aromatic amines is 1. The summed E-state index contributed by atoms with van der Waals surface area (Å²) in [5, 5.41) is 0.621. The van der Waals surface area contributed by atoms with Gasteiger partial charge in [-0.25, -0.2) is 0 Å². The van der Waals surface area contributed by atoms with Gasteiger partial charge in [-0.3, -0.25) is 9.59 Å². The van der Waals surface area contributed by atoms with E-state index in [1.165, 1.54) is 12.3 Å². The van der Waals surface area contributed by atoms with Gasteiger partial charge in [-0.05, 0) is 19.1 Å². The molecular formula is C17H17ClN2O3. The van der Waals surface area contributed by atoms with E-state index in [0.717, 1.165) is 5.56 Å². The minimum Gasteiger partial charge on any atom is -0.369 e. The van der Waals surface area contributed by atoms with Crippen LogP contribution in [0.15, 0.2) is 47.4 Å². The molecule has 5 nitrogen and oxygen atoms in total. The van der Waals surface area contributed by atoms with Crippen molar-refractivity contribution in [2.75, 3.05) is 13.2 Å². The summed E-state index contributed by atoms with van der Waals surface area (Å²) in [5.41, 5.74) is 0.949. The lowest BCUT2D eigenvalue weighted by Gasteiger charge is -2.38. The molecule has 2 heterocycles. The van der Waals surface area contributed by atoms with Crippen LogP contribution in [0.1, 0.15) is 28.9 Å². The maximum absolute atomic E-state index is 12.7. The summed E-state index contributed by atoms with van der Waals surface area (Å²) in [5.74, 6) is -0.177. The number of hydrogen-bond donors (Lipinski definition) is 1. The Morgan fingerprint density at radius 3 is 2.87 bits per heavy atom. The molecule has 23 heavy (non-hydrogen) atoms. The fourth-order valence-electron chi connectivity index (χ4n) is 2.71. The van der Waals surface area contributed by atoms with Crippen molar-refractivity contribution >= 4 is 17.5 Å². The van der Waals surface area contributed by atoms with Gasteiger partial charge in [0.15, 0.2) is 0 Å². The molecule has 6 heteroatoms. The van der Waals surface area contributed by atoms with Gasteiger partial charge in [0.05, 0.1) is 19.2 Å². The molecule has 1 aromatic heterocycles. The topological polar surface area (TPSA) is 62.4 Å². The second-order valence-electron chi connectivity index (χ2n) is 5.59. The molecule has 1 saturated heterocycles. The summed E-state index contributed by atoms with van der Waals surface area (Å²) in [6.45, 7) is 2.75. The van der Waals surface area contributed by atoms with Crippen molar-refractivity contribution in [3.8, 4) is 0 Å². The zero-order valence-electron chi connectivity index (χ0n) is 12.7. The van der Waals surface area contributed by atoms with E-state index in [9.17, 15) is 9.59 Å². The first-order valence-corrected chi connectivity index (χ1v) is 7.80. The second kappa shape index (κ2) is 6.56. The van der Waals surface area contributed by atoms with Crippen LogP contribution in [0.25, 0.3) is 0 Å². The number of morpholine rings is 1. The van der Waals surface area contributed by atoms with E-state index >= 15 is 0 Å². The van der Waals surface area contributed by atoms with Crippen molar-refractivity contribution in [2.45, 2.75) is 19.1 Å². The molecule has 3 rings (SSSR count). The summed E-state index contributed by atoms with van der Waals surface area (Å²) >= 11 is 6.23. The summed E-state index contributed by atoms with van der Waals surface area (Å²) in [6.07, 6.45) is 1.21. The van der Waals surface area contributed by atoms with Gasteiger partial charge < -0.3 is 14.6 Å². The van der Waals surface area contributed by atoms with Crippen molar-refractivity contribution in [2.24, 2.45) is 0 Å². The Hall–Kier alpha value is -2.11. The fourth-order valence-corrected chi connectivity index (χ4v) is 2.96. The Balaban J connectivity index is 1.85. The highest BCUT2D eigenvalue weighted by Gasteiger charge is 2.31. The third-order valence-electron chi connectivity index (χ3n) is 3.97. The lowest BCUT2D eigenvalue weighted by Crippen LogP contribution is -2.48. The van der Waals surface area contributed by atoms with Gasteiger partial charge in [-0.2, -0.15) is 0 Å². The van der Waals surface area contributed by atoms with E-state index in [2.05, 4.69) is 4.98 Å². The molecule has 1 N–H and O–H groups in total. The molecule has 120 valence electrons. The smallest absolute Gasteiger partial charge is 0.254 e. The van der Waals surface area contributed by atoms with Crippen molar-refractivity contribution in [3.63, 3.8) is 0 Å². The number of ether oxygens (including phenoxy) is 1. The van der Waals surface area contributed by atoms with Crippen molar-refractivity contribution < 1.29 is 9.53 Å². The van der Waals surface area contributed by atoms with Crippen LogP contribution < -0.4 is 5.56 Å². The molecule has 0 aliphatic carbocycles. The summed E-state index contributed by atoms with van der Waals surface area (Å²) in [4.78, 5) is 28.4. The lowest BCUT2D eigenvalue weighted by atomic mass is 10.0. The monoisotopic (exact) mass is 332 g/mol. The van der Waals surface area contributed by atoms with Gasteiger partial charge in [0, 0.05) is 28.4 Å². The molecule has 0 spiro atoms. The van der Waals surface area contributed by atoms with Crippen molar-refractivity contribution in [1.82, 2.24) is 9.88 Å². The van der Waals surface area contributed by atoms with Crippen LogP contribution in [0.2, 0.25) is 5.02 Å². The highest BCUT2D eigenvalue weighted by Crippen LogP contribution is 2.30. The minimum absolute atomic E-state index is 0.0690. The fraction of sp³-hybridized carbons (Fsp3) is 0.294. The number of carbonyl (C=O) groups is 1. The predicted molar refractivity (Wildman–Crippen MR) is 87.7 cm³/mol. The lowest BCUT2D eigenvalue weighted by molar-refractivity contribution is -0.0486. The predicted octanol–water partition coefficient (Wildman–Crippen LogP) is 2.63. The number of halogens is 1. The molecule has 2 atom stereocenters. The standard InChI is InChI=1S/C17H17ClN2O3/c1-11-10-23-15(13-4-2-3-5-14(13)18)9-20(11)17(22)12-6-7-19-16(21)8-12/h2-8,11,15H,9-10H2,1H3,(H,19,21)/t11-,15+/m1/s1. The maximum Gasteiger partial charge on any atom is 0.254 e. The molecule has 1 aliphatic heterocycles. The Labute approximate surface area is 138 Å². The van der Waals surface area contributed by atoms with Gasteiger partial charge in [0.1, 0.15) is 6.10 Å². The van der Waals surface area contributed by atoms with Crippen LogP contribution >= 0.6 is 11.6 Å². The van der Waals surface area contributed by atoms with E-state index < -0.39 is 0 Å². The molecule has 0 unspecified atom stereocenters. The Morgan fingerprint density at radius 2 is 2.13 bits per heavy atom. The minimum atomic E-state index is -0.292. The van der Waals surface area contributed by atoms with Crippen molar-refractivity contribution in [1.29, 1.82) is 0 Å². The molecular weight excluding hydrogens is 316 g/mol.